The normalized spacial score (nSPS) is 18.1. The van der Waals surface area contributed by atoms with E-state index in [1.165, 1.54) is 32.1 Å². The Bertz CT molecular complexity index is 854. The van der Waals surface area contributed by atoms with Gasteiger partial charge in [0.2, 0.25) is 0 Å². The van der Waals surface area contributed by atoms with Crippen LogP contribution in [0, 0.1) is 5.92 Å². The summed E-state index contributed by atoms with van der Waals surface area (Å²) in [6.45, 7) is 1.56. The van der Waals surface area contributed by atoms with Gasteiger partial charge in [-0.05, 0) is 49.8 Å². The number of benzene rings is 1. The molecule has 1 aliphatic carbocycles. The van der Waals surface area contributed by atoms with Gasteiger partial charge in [0.25, 0.3) is 0 Å². The van der Waals surface area contributed by atoms with Gasteiger partial charge in [-0.25, -0.2) is 13.2 Å². The summed E-state index contributed by atoms with van der Waals surface area (Å²) in [4.78, 5) is 13.6. The lowest BCUT2D eigenvalue weighted by Crippen LogP contribution is -2.33. The molecule has 0 amide bonds. The molecule has 7 heteroatoms. The molecule has 1 aliphatic heterocycles. The first kappa shape index (κ1) is 21.4. The van der Waals surface area contributed by atoms with Crippen LogP contribution in [0.1, 0.15) is 44.9 Å². The standard InChI is InChI=1S/C22H29NO5S/c24-22(25)28-21-14-7-15-23(17-18-9-3-1-4-10-18)20(21)13-8-16-29(26,27)19-11-5-2-6-12-19/h2,5-7,11-12,14,18H,1,3-4,8-10,13,15-17H2,(H,24,25). The monoisotopic (exact) mass is 419 g/mol. The minimum absolute atomic E-state index is 0.0157. The predicted octanol–water partition coefficient (Wildman–Crippen LogP) is 4.60. The van der Waals surface area contributed by atoms with Crippen LogP contribution in [0.15, 0.2) is 58.8 Å². The SMILES string of the molecule is O=C(O)OC1=C(CCCS(=O)(=O)c2ccccc2)N(CC2CCCCC2)CC=C1. The molecule has 0 saturated heterocycles. The molecule has 1 aromatic rings. The Morgan fingerprint density at radius 3 is 2.55 bits per heavy atom. The van der Waals surface area contributed by atoms with Gasteiger partial charge < -0.3 is 14.7 Å². The summed E-state index contributed by atoms with van der Waals surface area (Å²) in [5.74, 6) is 0.919. The molecule has 158 valence electrons. The average Bonchev–Trinajstić information content (AvgIpc) is 2.71. The molecular formula is C22H29NO5S. The van der Waals surface area contributed by atoms with E-state index >= 15 is 0 Å². The van der Waals surface area contributed by atoms with Crippen LogP contribution in [0.4, 0.5) is 4.79 Å². The van der Waals surface area contributed by atoms with E-state index in [4.69, 9.17) is 9.84 Å². The number of carboxylic acid groups (broad SMARTS) is 1. The van der Waals surface area contributed by atoms with Gasteiger partial charge in [-0.1, -0.05) is 43.5 Å². The van der Waals surface area contributed by atoms with E-state index < -0.39 is 16.0 Å². The first-order valence-electron chi connectivity index (χ1n) is 10.3. The molecule has 1 N–H and O–H groups in total. The number of sulfone groups is 1. The Balaban J connectivity index is 1.70. The third-order valence-corrected chi connectivity index (χ3v) is 7.41. The molecule has 1 fully saturated rings. The molecule has 0 bridgehead atoms. The van der Waals surface area contributed by atoms with E-state index in [-0.39, 0.29) is 5.75 Å². The van der Waals surface area contributed by atoms with Crippen molar-refractivity contribution >= 4 is 16.0 Å². The Labute approximate surface area is 172 Å². The summed E-state index contributed by atoms with van der Waals surface area (Å²) in [7, 11) is -3.36. The van der Waals surface area contributed by atoms with Crippen molar-refractivity contribution in [3.05, 3.63) is 53.9 Å². The van der Waals surface area contributed by atoms with Crippen LogP contribution in [-0.4, -0.2) is 43.4 Å². The Kier molecular flexibility index (Phi) is 7.36. The van der Waals surface area contributed by atoms with Gasteiger partial charge in [-0.2, -0.15) is 0 Å². The van der Waals surface area contributed by atoms with Crippen LogP contribution >= 0.6 is 0 Å². The van der Waals surface area contributed by atoms with E-state index in [0.29, 0.717) is 36.0 Å². The van der Waals surface area contributed by atoms with E-state index in [0.717, 1.165) is 12.2 Å². The highest BCUT2D eigenvalue weighted by atomic mass is 32.2. The molecule has 6 nitrogen and oxygen atoms in total. The van der Waals surface area contributed by atoms with Crippen LogP contribution in [0.2, 0.25) is 0 Å². The Morgan fingerprint density at radius 1 is 1.14 bits per heavy atom. The van der Waals surface area contributed by atoms with E-state index in [1.54, 1.807) is 36.4 Å². The van der Waals surface area contributed by atoms with Crippen molar-refractivity contribution in [2.75, 3.05) is 18.8 Å². The molecule has 0 spiro atoms. The molecule has 29 heavy (non-hydrogen) atoms. The minimum Gasteiger partial charge on any atom is -0.449 e. The summed E-state index contributed by atoms with van der Waals surface area (Å²) < 4.78 is 30.1. The van der Waals surface area contributed by atoms with Gasteiger partial charge in [0.05, 0.1) is 16.3 Å². The zero-order valence-electron chi connectivity index (χ0n) is 16.6. The number of allylic oxidation sites excluding steroid dienone is 2. The fourth-order valence-corrected chi connectivity index (χ4v) is 5.49. The highest BCUT2D eigenvalue weighted by Gasteiger charge is 2.24. The van der Waals surface area contributed by atoms with Crippen molar-refractivity contribution in [3.8, 4) is 0 Å². The van der Waals surface area contributed by atoms with Crippen molar-refractivity contribution in [2.45, 2.75) is 49.8 Å². The van der Waals surface area contributed by atoms with Crippen LogP contribution in [-0.2, 0) is 14.6 Å². The minimum atomic E-state index is -3.36. The van der Waals surface area contributed by atoms with Gasteiger partial charge in [-0.15, -0.1) is 0 Å². The summed E-state index contributed by atoms with van der Waals surface area (Å²) >= 11 is 0. The number of nitrogens with zero attached hydrogens (tertiary/aromatic N) is 1. The number of rotatable bonds is 8. The smallest absolute Gasteiger partial charge is 0.449 e. The zero-order chi connectivity index (χ0) is 20.7. The third kappa shape index (κ3) is 6.10. The average molecular weight is 420 g/mol. The number of hydrogen-bond acceptors (Lipinski definition) is 5. The lowest BCUT2D eigenvalue weighted by Gasteiger charge is -2.34. The van der Waals surface area contributed by atoms with E-state index in [2.05, 4.69) is 4.90 Å². The highest BCUT2D eigenvalue weighted by molar-refractivity contribution is 7.91. The molecule has 3 rings (SSSR count). The topological polar surface area (TPSA) is 83.9 Å². The first-order chi connectivity index (χ1) is 14.0. The summed E-state index contributed by atoms with van der Waals surface area (Å²) in [6, 6.07) is 8.42. The maximum atomic E-state index is 12.6. The van der Waals surface area contributed by atoms with E-state index in [1.807, 2.05) is 6.08 Å². The molecular weight excluding hydrogens is 390 g/mol. The number of ether oxygens (including phenoxy) is 1. The maximum absolute atomic E-state index is 12.6. The second-order valence-corrected chi connectivity index (χ2v) is 9.83. The largest absolute Gasteiger partial charge is 0.511 e. The molecule has 0 aromatic heterocycles. The molecule has 0 radical (unpaired) electrons. The van der Waals surface area contributed by atoms with Gasteiger partial charge >= 0.3 is 6.16 Å². The summed E-state index contributed by atoms with van der Waals surface area (Å²) in [5.41, 5.74) is 0.795. The van der Waals surface area contributed by atoms with Crippen molar-refractivity contribution in [1.82, 2.24) is 4.90 Å². The Hall–Kier alpha value is -2.28. The summed E-state index contributed by atoms with van der Waals surface area (Å²) in [5, 5.41) is 9.09. The van der Waals surface area contributed by atoms with Crippen molar-refractivity contribution in [1.29, 1.82) is 0 Å². The molecule has 0 atom stereocenters. The lowest BCUT2D eigenvalue weighted by atomic mass is 9.88. The van der Waals surface area contributed by atoms with Gasteiger partial charge in [-0.3, -0.25) is 0 Å². The lowest BCUT2D eigenvalue weighted by molar-refractivity contribution is 0.116. The molecule has 1 saturated carbocycles. The molecule has 2 aliphatic rings. The molecule has 1 aromatic carbocycles. The van der Waals surface area contributed by atoms with Crippen molar-refractivity contribution in [2.24, 2.45) is 5.92 Å². The van der Waals surface area contributed by atoms with Crippen LogP contribution < -0.4 is 0 Å². The predicted molar refractivity (Wildman–Crippen MR) is 111 cm³/mol. The van der Waals surface area contributed by atoms with Crippen LogP contribution in [0.5, 0.6) is 0 Å². The second-order valence-electron chi connectivity index (χ2n) is 7.73. The molecule has 0 unspecified atom stereocenters. The third-order valence-electron chi connectivity index (χ3n) is 5.59. The first-order valence-corrected chi connectivity index (χ1v) is 11.9. The van der Waals surface area contributed by atoms with E-state index in [9.17, 15) is 13.2 Å². The maximum Gasteiger partial charge on any atom is 0.511 e. The quantitative estimate of drug-likeness (QED) is 0.620. The van der Waals surface area contributed by atoms with Gasteiger partial charge in [0, 0.05) is 13.1 Å². The number of carbonyl (C=O) groups is 1. The van der Waals surface area contributed by atoms with Gasteiger partial charge in [0.1, 0.15) is 0 Å². The van der Waals surface area contributed by atoms with Crippen LogP contribution in [0.25, 0.3) is 0 Å². The van der Waals surface area contributed by atoms with Gasteiger partial charge in [0.15, 0.2) is 15.6 Å². The Morgan fingerprint density at radius 2 is 1.86 bits per heavy atom. The number of hydrogen-bond donors (Lipinski definition) is 1. The second kappa shape index (κ2) is 9.96. The van der Waals surface area contributed by atoms with Crippen molar-refractivity contribution in [3.63, 3.8) is 0 Å². The molecule has 1 heterocycles. The highest BCUT2D eigenvalue weighted by Crippen LogP contribution is 2.29. The zero-order valence-corrected chi connectivity index (χ0v) is 17.4. The van der Waals surface area contributed by atoms with Crippen LogP contribution in [0.3, 0.4) is 0 Å². The fourth-order valence-electron chi connectivity index (χ4n) is 4.16. The fraction of sp³-hybridized carbons (Fsp3) is 0.500. The summed E-state index contributed by atoms with van der Waals surface area (Å²) in [6.07, 6.45) is 9.25. The van der Waals surface area contributed by atoms with Crippen molar-refractivity contribution < 1.29 is 23.1 Å².